The maximum absolute atomic E-state index is 12.7. The van der Waals surface area contributed by atoms with Gasteiger partial charge in [-0.15, -0.1) is 0 Å². The molecule has 0 radical (unpaired) electrons. The van der Waals surface area contributed by atoms with Crippen LogP contribution in [0.4, 0.5) is 0 Å². The number of amides is 1. The van der Waals surface area contributed by atoms with E-state index < -0.39 is 0 Å². The number of aryl methyl sites for hydroxylation is 1. The molecule has 0 saturated heterocycles. The summed E-state index contributed by atoms with van der Waals surface area (Å²) in [5, 5.41) is 3.04. The second kappa shape index (κ2) is 7.72. The fourth-order valence-electron chi connectivity index (χ4n) is 3.41. The number of aromatic nitrogens is 4. The summed E-state index contributed by atoms with van der Waals surface area (Å²) in [5.74, 6) is 0.389. The van der Waals surface area contributed by atoms with Gasteiger partial charge < -0.3 is 5.32 Å². The number of carbonyl (C=O) groups is 1. The monoisotopic (exact) mass is 375 g/mol. The Kier molecular flexibility index (Phi) is 4.97. The van der Waals surface area contributed by atoms with Crippen molar-refractivity contribution in [2.75, 3.05) is 0 Å². The van der Waals surface area contributed by atoms with Crippen molar-refractivity contribution in [1.29, 1.82) is 0 Å². The third-order valence-corrected chi connectivity index (χ3v) is 4.93. The molecule has 1 atom stereocenters. The van der Waals surface area contributed by atoms with Crippen molar-refractivity contribution in [3.8, 4) is 11.3 Å². The molecule has 3 aromatic rings. The molecule has 0 fully saturated rings. The highest BCUT2D eigenvalue weighted by molar-refractivity contribution is 5.94. The maximum atomic E-state index is 12.7. The molecule has 4 rings (SSSR count). The molecule has 0 spiro atoms. The average Bonchev–Trinajstić information content (AvgIpc) is 2.92. The molecule has 1 N–H and O–H groups in total. The smallest absolute Gasteiger partial charge is 0.254 e. The van der Waals surface area contributed by atoms with Gasteiger partial charge in [0.1, 0.15) is 5.82 Å². The molecule has 0 aliphatic carbocycles. The fraction of sp³-hybridized carbons (Fsp3) is 0.286. The Labute approximate surface area is 162 Å². The predicted molar refractivity (Wildman–Crippen MR) is 105 cm³/mol. The van der Waals surface area contributed by atoms with Crippen LogP contribution < -0.4 is 10.9 Å². The van der Waals surface area contributed by atoms with Crippen LogP contribution in [-0.2, 0) is 6.54 Å². The third-order valence-electron chi connectivity index (χ3n) is 4.93. The Morgan fingerprint density at radius 2 is 2.00 bits per heavy atom. The topological polar surface area (TPSA) is 89.8 Å². The summed E-state index contributed by atoms with van der Waals surface area (Å²) in [4.78, 5) is 38.4. The predicted octanol–water partition coefficient (Wildman–Crippen LogP) is 2.66. The second-order valence-corrected chi connectivity index (χ2v) is 6.94. The zero-order chi connectivity index (χ0) is 19.5. The first kappa shape index (κ1) is 18.0. The summed E-state index contributed by atoms with van der Waals surface area (Å²) < 4.78 is 1.68. The molecule has 0 aromatic carbocycles. The van der Waals surface area contributed by atoms with E-state index in [-0.39, 0.29) is 17.5 Å². The van der Waals surface area contributed by atoms with E-state index in [0.717, 1.165) is 30.5 Å². The molecule has 4 heterocycles. The van der Waals surface area contributed by atoms with Gasteiger partial charge in [-0.05, 0) is 50.5 Å². The van der Waals surface area contributed by atoms with Crippen molar-refractivity contribution in [2.24, 2.45) is 0 Å². The Bertz CT molecular complexity index is 1040. The van der Waals surface area contributed by atoms with Gasteiger partial charge in [-0.2, -0.15) is 0 Å². The molecule has 3 aromatic heterocycles. The highest BCUT2D eigenvalue weighted by Crippen LogP contribution is 2.24. The molecule has 1 unspecified atom stereocenters. The summed E-state index contributed by atoms with van der Waals surface area (Å²) in [7, 11) is 0. The quantitative estimate of drug-likeness (QED) is 0.760. The molecule has 0 saturated carbocycles. The van der Waals surface area contributed by atoms with Crippen molar-refractivity contribution in [3.63, 3.8) is 0 Å². The lowest BCUT2D eigenvalue weighted by Gasteiger charge is -2.20. The van der Waals surface area contributed by atoms with E-state index in [9.17, 15) is 9.59 Å². The normalized spacial score (nSPS) is 16.1. The summed E-state index contributed by atoms with van der Waals surface area (Å²) >= 11 is 0. The van der Waals surface area contributed by atoms with Crippen LogP contribution in [0.15, 0.2) is 53.7 Å². The minimum atomic E-state index is -0.328. The number of pyridine rings is 2. The zero-order valence-electron chi connectivity index (χ0n) is 15.6. The van der Waals surface area contributed by atoms with Gasteiger partial charge >= 0.3 is 0 Å². The molecule has 142 valence electrons. The number of carbonyl (C=O) groups excluding carboxylic acids is 1. The molecule has 1 aliphatic rings. The number of fused-ring (bicyclic) bond motifs is 1. The Hall–Kier alpha value is -3.35. The molecular weight excluding hydrogens is 354 g/mol. The Morgan fingerprint density at radius 1 is 1.18 bits per heavy atom. The molecule has 1 aliphatic heterocycles. The van der Waals surface area contributed by atoms with E-state index >= 15 is 0 Å². The van der Waals surface area contributed by atoms with Crippen LogP contribution in [0.25, 0.3) is 11.3 Å². The van der Waals surface area contributed by atoms with Crippen molar-refractivity contribution >= 4 is 5.91 Å². The van der Waals surface area contributed by atoms with Gasteiger partial charge in [0.2, 0.25) is 0 Å². The number of rotatable bonds is 3. The third kappa shape index (κ3) is 3.69. The minimum Gasteiger partial charge on any atom is -0.342 e. The van der Waals surface area contributed by atoms with E-state index in [0.29, 0.717) is 23.6 Å². The Morgan fingerprint density at radius 3 is 2.75 bits per heavy atom. The van der Waals surface area contributed by atoms with E-state index in [2.05, 4.69) is 15.3 Å². The largest absolute Gasteiger partial charge is 0.342 e. The fourth-order valence-corrected chi connectivity index (χ4v) is 3.41. The summed E-state index contributed by atoms with van der Waals surface area (Å²) in [6.07, 6.45) is 7.42. The standard InChI is InChI=1S/C21H21N5O2/c1-14-5-6-16(13-23-14)21(28)25-17-4-2-3-11-26-19(27)12-18(24-20(17)26)15-7-9-22-10-8-15/h5-10,12-13,17H,2-4,11H2,1H3,(H,25,28). The van der Waals surface area contributed by atoms with E-state index in [1.54, 1.807) is 41.4 Å². The van der Waals surface area contributed by atoms with Crippen LogP contribution >= 0.6 is 0 Å². The maximum Gasteiger partial charge on any atom is 0.254 e. The highest BCUT2D eigenvalue weighted by atomic mass is 16.2. The van der Waals surface area contributed by atoms with Gasteiger partial charge in [-0.1, -0.05) is 0 Å². The molecule has 7 heteroatoms. The number of nitrogens with zero attached hydrogens (tertiary/aromatic N) is 4. The van der Waals surface area contributed by atoms with Gasteiger partial charge in [-0.3, -0.25) is 24.1 Å². The first-order chi connectivity index (χ1) is 13.6. The van der Waals surface area contributed by atoms with Gasteiger partial charge in [-0.25, -0.2) is 4.98 Å². The van der Waals surface area contributed by atoms with Crippen molar-refractivity contribution in [1.82, 2.24) is 24.8 Å². The summed E-state index contributed by atoms with van der Waals surface area (Å²) in [6, 6.07) is 8.42. The van der Waals surface area contributed by atoms with Crippen molar-refractivity contribution in [2.45, 2.75) is 38.8 Å². The Balaban J connectivity index is 1.70. The molecule has 0 bridgehead atoms. The summed E-state index contributed by atoms with van der Waals surface area (Å²) in [6.45, 7) is 2.48. The lowest BCUT2D eigenvalue weighted by Crippen LogP contribution is -2.34. The van der Waals surface area contributed by atoms with Gasteiger partial charge in [0.05, 0.1) is 17.3 Å². The number of hydrogen-bond donors (Lipinski definition) is 1. The van der Waals surface area contributed by atoms with Crippen molar-refractivity contribution in [3.05, 3.63) is 76.4 Å². The summed E-state index contributed by atoms with van der Waals surface area (Å²) in [5.41, 5.74) is 2.67. The van der Waals surface area contributed by atoms with Crippen molar-refractivity contribution < 1.29 is 4.79 Å². The highest BCUT2D eigenvalue weighted by Gasteiger charge is 2.24. The van der Waals surface area contributed by atoms with Gasteiger partial charge in [0, 0.05) is 42.5 Å². The van der Waals surface area contributed by atoms with Gasteiger partial charge in [0.25, 0.3) is 11.5 Å². The van der Waals surface area contributed by atoms with Crippen LogP contribution in [0.5, 0.6) is 0 Å². The number of nitrogens with one attached hydrogen (secondary N) is 1. The molecular formula is C21H21N5O2. The molecule has 28 heavy (non-hydrogen) atoms. The number of hydrogen-bond acceptors (Lipinski definition) is 5. The van der Waals surface area contributed by atoms with Crippen LogP contribution in [-0.4, -0.2) is 25.4 Å². The van der Waals surface area contributed by atoms with Gasteiger partial charge in [0.15, 0.2) is 0 Å². The van der Waals surface area contributed by atoms with E-state index in [1.165, 1.54) is 0 Å². The first-order valence-corrected chi connectivity index (χ1v) is 9.37. The lowest BCUT2D eigenvalue weighted by molar-refractivity contribution is 0.0932. The zero-order valence-corrected chi connectivity index (χ0v) is 15.6. The minimum absolute atomic E-state index is 0.102. The lowest BCUT2D eigenvalue weighted by atomic mass is 10.1. The van der Waals surface area contributed by atoms with E-state index in [4.69, 9.17) is 4.98 Å². The SMILES string of the molecule is Cc1ccc(C(=O)NC2CCCCn3c2nc(-c2ccncc2)cc3=O)cn1. The van der Waals surface area contributed by atoms with Crippen LogP contribution in [0.3, 0.4) is 0 Å². The van der Waals surface area contributed by atoms with E-state index in [1.807, 2.05) is 19.1 Å². The second-order valence-electron chi connectivity index (χ2n) is 6.94. The first-order valence-electron chi connectivity index (χ1n) is 9.37. The molecule has 1 amide bonds. The van der Waals surface area contributed by atoms with Crippen LogP contribution in [0.2, 0.25) is 0 Å². The van der Waals surface area contributed by atoms with Crippen LogP contribution in [0.1, 0.15) is 47.2 Å². The van der Waals surface area contributed by atoms with Crippen LogP contribution in [0, 0.1) is 6.92 Å². The molecule has 7 nitrogen and oxygen atoms in total. The average molecular weight is 375 g/mol.